The number of benzene rings is 1. The molecule has 0 unspecified atom stereocenters. The second kappa shape index (κ2) is 9.17. The Bertz CT molecular complexity index is 524. The van der Waals surface area contributed by atoms with E-state index in [1.165, 1.54) is 0 Å². The summed E-state index contributed by atoms with van der Waals surface area (Å²) in [4.78, 5) is 14.4. The number of amides is 1. The number of hydrogen-bond acceptors (Lipinski definition) is 5. The molecule has 0 aliphatic carbocycles. The van der Waals surface area contributed by atoms with Gasteiger partial charge in [-0.25, -0.2) is 4.79 Å². The second-order valence-electron chi connectivity index (χ2n) is 7.56. The van der Waals surface area contributed by atoms with Gasteiger partial charge in [0.2, 0.25) is 0 Å². The molecule has 1 heterocycles. The van der Waals surface area contributed by atoms with Crippen LogP contribution in [0.4, 0.5) is 4.79 Å². The van der Waals surface area contributed by atoms with Gasteiger partial charge in [-0.3, -0.25) is 4.90 Å². The van der Waals surface area contributed by atoms with Crippen molar-refractivity contribution in [2.24, 2.45) is 0 Å². The number of alkyl carbamates (subject to hydrolysis) is 1. The van der Waals surface area contributed by atoms with Gasteiger partial charge in [-0.1, -0.05) is 30.3 Å². The number of nitrogens with one attached hydrogen (secondary N) is 2. The van der Waals surface area contributed by atoms with Crippen molar-refractivity contribution in [3.05, 3.63) is 35.9 Å². The third kappa shape index (κ3) is 7.42. The highest BCUT2D eigenvalue weighted by atomic mass is 16.6. The largest absolute Gasteiger partial charge is 0.444 e. The molecule has 1 saturated heterocycles. The highest BCUT2D eigenvalue weighted by Gasteiger charge is 2.26. The number of piperazine rings is 1. The van der Waals surface area contributed by atoms with E-state index in [0.29, 0.717) is 13.0 Å². The first-order valence-corrected chi connectivity index (χ1v) is 8.98. The lowest BCUT2D eigenvalue weighted by atomic mass is 10.0. The van der Waals surface area contributed by atoms with Crippen molar-refractivity contribution < 1.29 is 14.6 Å². The number of rotatable bonds is 6. The first-order chi connectivity index (χ1) is 11.8. The Kier molecular flexibility index (Phi) is 7.23. The van der Waals surface area contributed by atoms with Crippen molar-refractivity contribution in [3.63, 3.8) is 0 Å². The molecule has 1 aromatic rings. The minimum Gasteiger partial charge on any atom is -0.444 e. The second-order valence-corrected chi connectivity index (χ2v) is 7.56. The molecular weight excluding hydrogens is 318 g/mol. The molecule has 0 spiro atoms. The summed E-state index contributed by atoms with van der Waals surface area (Å²) in [6, 6.07) is 9.48. The van der Waals surface area contributed by atoms with Crippen LogP contribution < -0.4 is 10.6 Å². The van der Waals surface area contributed by atoms with Crippen molar-refractivity contribution >= 4 is 6.09 Å². The summed E-state index contributed by atoms with van der Waals surface area (Å²) in [5.74, 6) is 0. The molecular formula is C19H31N3O3. The van der Waals surface area contributed by atoms with Crippen molar-refractivity contribution in [1.29, 1.82) is 0 Å². The van der Waals surface area contributed by atoms with Gasteiger partial charge in [-0.2, -0.15) is 0 Å². The summed E-state index contributed by atoms with van der Waals surface area (Å²) in [6.07, 6.45) is -0.591. The fourth-order valence-electron chi connectivity index (χ4n) is 2.90. The van der Waals surface area contributed by atoms with E-state index in [2.05, 4.69) is 15.5 Å². The number of carbonyl (C=O) groups is 1. The number of ether oxygens (including phenoxy) is 1. The van der Waals surface area contributed by atoms with Gasteiger partial charge < -0.3 is 20.5 Å². The fraction of sp³-hybridized carbons (Fsp3) is 0.632. The minimum absolute atomic E-state index is 0.396. The summed E-state index contributed by atoms with van der Waals surface area (Å²) in [6.45, 7) is 9.69. The van der Waals surface area contributed by atoms with Gasteiger partial charge in [0.05, 0.1) is 12.1 Å². The number of aliphatic hydroxyl groups is 1. The van der Waals surface area contributed by atoms with Gasteiger partial charge in [-0.15, -0.1) is 0 Å². The minimum atomic E-state index is -0.661. The maximum atomic E-state index is 12.2. The summed E-state index contributed by atoms with van der Waals surface area (Å²) < 4.78 is 5.36. The van der Waals surface area contributed by atoms with E-state index in [1.54, 1.807) is 0 Å². The molecule has 1 fully saturated rings. The molecule has 2 atom stereocenters. The van der Waals surface area contributed by atoms with Gasteiger partial charge in [0.1, 0.15) is 5.60 Å². The number of β-amino-alcohol motifs (C(OH)–C–C–N with tert-alkyl or cyclic N) is 1. The first kappa shape index (κ1) is 19.7. The first-order valence-electron chi connectivity index (χ1n) is 8.98. The Morgan fingerprint density at radius 3 is 2.52 bits per heavy atom. The van der Waals surface area contributed by atoms with E-state index in [1.807, 2.05) is 51.1 Å². The molecule has 0 radical (unpaired) electrons. The van der Waals surface area contributed by atoms with Crippen molar-refractivity contribution in [2.45, 2.75) is 44.9 Å². The van der Waals surface area contributed by atoms with Gasteiger partial charge in [-0.05, 0) is 32.8 Å². The molecule has 2 rings (SSSR count). The van der Waals surface area contributed by atoms with Crippen molar-refractivity contribution in [1.82, 2.24) is 15.5 Å². The van der Waals surface area contributed by atoms with Crippen LogP contribution in [0.25, 0.3) is 0 Å². The zero-order valence-corrected chi connectivity index (χ0v) is 15.5. The van der Waals surface area contributed by atoms with Crippen LogP contribution in [0.1, 0.15) is 26.3 Å². The van der Waals surface area contributed by atoms with E-state index in [0.717, 1.165) is 31.7 Å². The Morgan fingerprint density at radius 2 is 1.92 bits per heavy atom. The lowest BCUT2D eigenvalue weighted by Crippen LogP contribution is -2.53. The summed E-state index contributed by atoms with van der Waals surface area (Å²) in [7, 11) is 0. The Balaban J connectivity index is 2.00. The smallest absolute Gasteiger partial charge is 0.407 e. The predicted octanol–water partition coefficient (Wildman–Crippen LogP) is 1.39. The fourth-order valence-corrected chi connectivity index (χ4v) is 2.90. The molecule has 6 nitrogen and oxygen atoms in total. The van der Waals surface area contributed by atoms with E-state index in [4.69, 9.17) is 4.74 Å². The van der Waals surface area contributed by atoms with Crippen LogP contribution >= 0.6 is 0 Å². The SMILES string of the molecule is CC(C)(C)OC(=O)N[C@@H](Cc1ccccc1)[C@H](O)CN1CCNCC1. The normalized spacial score (nSPS) is 18.4. The molecule has 0 bridgehead atoms. The molecule has 1 aliphatic heterocycles. The average Bonchev–Trinajstić information content (AvgIpc) is 2.54. The third-order valence-corrected chi connectivity index (χ3v) is 4.12. The highest BCUT2D eigenvalue weighted by molar-refractivity contribution is 5.68. The van der Waals surface area contributed by atoms with Crippen LogP contribution in [0.5, 0.6) is 0 Å². The molecule has 1 aromatic carbocycles. The Morgan fingerprint density at radius 1 is 1.28 bits per heavy atom. The van der Waals surface area contributed by atoms with Gasteiger partial charge >= 0.3 is 6.09 Å². The van der Waals surface area contributed by atoms with Crippen molar-refractivity contribution in [3.8, 4) is 0 Å². The van der Waals surface area contributed by atoms with Gasteiger partial charge in [0, 0.05) is 32.7 Å². The number of carbonyl (C=O) groups excluding carboxylic acids is 1. The number of nitrogens with zero attached hydrogens (tertiary/aromatic N) is 1. The molecule has 3 N–H and O–H groups in total. The highest BCUT2D eigenvalue weighted by Crippen LogP contribution is 2.11. The summed E-state index contributed by atoms with van der Waals surface area (Å²) in [5.41, 5.74) is 0.508. The van der Waals surface area contributed by atoms with Crippen LogP contribution in [-0.2, 0) is 11.2 Å². The topological polar surface area (TPSA) is 73.8 Å². The Hall–Kier alpha value is -1.63. The lowest BCUT2D eigenvalue weighted by molar-refractivity contribution is 0.0356. The quantitative estimate of drug-likeness (QED) is 0.724. The Labute approximate surface area is 150 Å². The van der Waals surface area contributed by atoms with E-state index in [9.17, 15) is 9.90 Å². The molecule has 25 heavy (non-hydrogen) atoms. The zero-order valence-electron chi connectivity index (χ0n) is 15.5. The van der Waals surface area contributed by atoms with Gasteiger partial charge in [0.25, 0.3) is 0 Å². The number of hydrogen-bond donors (Lipinski definition) is 3. The molecule has 1 aliphatic rings. The molecule has 1 amide bonds. The van der Waals surface area contributed by atoms with E-state index in [-0.39, 0.29) is 0 Å². The molecule has 0 aromatic heterocycles. The molecule has 140 valence electrons. The van der Waals surface area contributed by atoms with Crippen LogP contribution in [0, 0.1) is 0 Å². The average molecular weight is 349 g/mol. The number of aliphatic hydroxyl groups excluding tert-OH is 1. The lowest BCUT2D eigenvalue weighted by Gasteiger charge is -2.33. The van der Waals surface area contributed by atoms with E-state index >= 15 is 0 Å². The maximum Gasteiger partial charge on any atom is 0.407 e. The van der Waals surface area contributed by atoms with Crippen LogP contribution in [-0.4, -0.2) is 66.6 Å². The van der Waals surface area contributed by atoms with Crippen molar-refractivity contribution in [2.75, 3.05) is 32.7 Å². The van der Waals surface area contributed by atoms with E-state index < -0.39 is 23.8 Å². The van der Waals surface area contributed by atoms with Gasteiger partial charge in [0.15, 0.2) is 0 Å². The molecule has 0 saturated carbocycles. The molecule has 6 heteroatoms. The maximum absolute atomic E-state index is 12.2. The third-order valence-electron chi connectivity index (χ3n) is 4.12. The van der Waals surface area contributed by atoms with Crippen LogP contribution in [0.15, 0.2) is 30.3 Å². The zero-order chi connectivity index (χ0) is 18.3. The summed E-state index contributed by atoms with van der Waals surface area (Å²) in [5, 5.41) is 16.9. The summed E-state index contributed by atoms with van der Waals surface area (Å²) >= 11 is 0. The van der Waals surface area contributed by atoms with Crippen LogP contribution in [0.3, 0.4) is 0 Å². The predicted molar refractivity (Wildman–Crippen MR) is 98.6 cm³/mol. The van der Waals surface area contributed by atoms with Crippen LogP contribution in [0.2, 0.25) is 0 Å². The monoisotopic (exact) mass is 349 g/mol. The standard InChI is InChI=1S/C19H31N3O3/c1-19(2,3)25-18(24)21-16(13-15-7-5-4-6-8-15)17(23)14-22-11-9-20-10-12-22/h4-8,16-17,20,23H,9-14H2,1-3H3,(H,21,24)/t16-,17+/m0/s1.